The molecule has 21 heavy (non-hydrogen) atoms. The van der Waals surface area contributed by atoms with Crippen LogP contribution in [0.3, 0.4) is 0 Å². The molecule has 1 amide bonds. The highest BCUT2D eigenvalue weighted by atomic mass is 79.9. The molecule has 0 radical (unpaired) electrons. The minimum Gasteiger partial charge on any atom is -0.495 e. The van der Waals surface area contributed by atoms with E-state index in [9.17, 15) is 4.79 Å². The summed E-state index contributed by atoms with van der Waals surface area (Å²) >= 11 is 3.40. The Morgan fingerprint density at radius 2 is 1.95 bits per heavy atom. The van der Waals surface area contributed by atoms with E-state index in [2.05, 4.69) is 33.5 Å². The summed E-state index contributed by atoms with van der Waals surface area (Å²) in [5.41, 5.74) is 0.532. The van der Waals surface area contributed by atoms with Gasteiger partial charge in [-0.3, -0.25) is 4.79 Å². The van der Waals surface area contributed by atoms with E-state index in [4.69, 9.17) is 9.47 Å². The highest BCUT2D eigenvalue weighted by Gasteiger charge is 2.23. The van der Waals surface area contributed by atoms with Crippen LogP contribution in [-0.2, 0) is 0 Å². The van der Waals surface area contributed by atoms with E-state index in [1.165, 1.54) is 0 Å². The number of piperidine rings is 1. The normalized spacial score (nSPS) is 21.7. The number of ether oxygens (including phenoxy) is 2. The lowest BCUT2D eigenvalue weighted by molar-refractivity contribution is 0.0919. The average molecular weight is 357 g/mol. The highest BCUT2D eigenvalue weighted by molar-refractivity contribution is 9.10. The monoisotopic (exact) mass is 356 g/mol. The summed E-state index contributed by atoms with van der Waals surface area (Å²) in [5.74, 6) is 1.04. The van der Waals surface area contributed by atoms with Gasteiger partial charge >= 0.3 is 0 Å². The van der Waals surface area contributed by atoms with Crippen molar-refractivity contribution in [3.8, 4) is 11.5 Å². The van der Waals surface area contributed by atoms with Crippen LogP contribution in [0.25, 0.3) is 0 Å². The Labute approximate surface area is 133 Å². The summed E-state index contributed by atoms with van der Waals surface area (Å²) in [5, 5.41) is 6.45. The van der Waals surface area contributed by atoms with E-state index in [1.807, 2.05) is 0 Å². The number of nitrogens with one attached hydrogen (secondary N) is 2. The number of hydrogen-bond donors (Lipinski definition) is 2. The lowest BCUT2D eigenvalue weighted by atomic mass is 9.99. The summed E-state index contributed by atoms with van der Waals surface area (Å²) in [6.07, 6.45) is 2.06. The van der Waals surface area contributed by atoms with Crippen LogP contribution in [0.5, 0.6) is 11.5 Å². The number of rotatable bonds is 4. The zero-order valence-electron chi connectivity index (χ0n) is 12.5. The number of carbonyl (C=O) groups is 1. The van der Waals surface area contributed by atoms with Crippen molar-refractivity contribution < 1.29 is 14.3 Å². The molecule has 1 aliphatic rings. The Hall–Kier alpha value is -1.27. The SMILES string of the molecule is COc1cc(C(=O)NC2CCCNC2C)cc(OC)c1Br. The van der Waals surface area contributed by atoms with Crippen molar-refractivity contribution >= 4 is 21.8 Å². The average Bonchev–Trinajstić information content (AvgIpc) is 2.49. The quantitative estimate of drug-likeness (QED) is 0.869. The molecule has 5 nitrogen and oxygen atoms in total. The molecule has 116 valence electrons. The third kappa shape index (κ3) is 3.68. The standard InChI is InChI=1S/C15H21BrN2O3/c1-9-11(5-4-6-17-9)18-15(19)10-7-12(20-2)14(16)13(8-10)21-3/h7-9,11,17H,4-6H2,1-3H3,(H,18,19). The van der Waals surface area contributed by atoms with Gasteiger partial charge in [-0.15, -0.1) is 0 Å². The highest BCUT2D eigenvalue weighted by Crippen LogP contribution is 2.35. The van der Waals surface area contributed by atoms with E-state index < -0.39 is 0 Å². The fourth-order valence-electron chi connectivity index (χ4n) is 2.49. The second kappa shape index (κ2) is 7.13. The Bertz CT molecular complexity index is 497. The Morgan fingerprint density at radius 1 is 1.33 bits per heavy atom. The van der Waals surface area contributed by atoms with Gasteiger partial charge in [0, 0.05) is 17.6 Å². The first-order valence-electron chi connectivity index (χ1n) is 7.02. The molecular weight excluding hydrogens is 336 g/mol. The van der Waals surface area contributed by atoms with Crippen molar-refractivity contribution in [2.75, 3.05) is 20.8 Å². The van der Waals surface area contributed by atoms with Gasteiger partial charge in [0.1, 0.15) is 16.0 Å². The topological polar surface area (TPSA) is 59.6 Å². The molecule has 6 heteroatoms. The Balaban J connectivity index is 2.18. The van der Waals surface area contributed by atoms with Crippen LogP contribution in [0, 0.1) is 0 Å². The molecule has 2 rings (SSSR count). The maximum absolute atomic E-state index is 12.4. The molecule has 2 unspecified atom stereocenters. The molecular formula is C15H21BrN2O3. The first kappa shape index (κ1) is 16.1. The van der Waals surface area contributed by atoms with Crippen LogP contribution in [0.1, 0.15) is 30.1 Å². The van der Waals surface area contributed by atoms with Gasteiger partial charge < -0.3 is 20.1 Å². The lowest BCUT2D eigenvalue weighted by Gasteiger charge is -2.30. The number of amides is 1. The van der Waals surface area contributed by atoms with Gasteiger partial charge in [-0.2, -0.15) is 0 Å². The summed E-state index contributed by atoms with van der Waals surface area (Å²) in [4.78, 5) is 12.4. The van der Waals surface area contributed by atoms with Crippen molar-refractivity contribution in [1.82, 2.24) is 10.6 Å². The van der Waals surface area contributed by atoms with Crippen LogP contribution < -0.4 is 20.1 Å². The minimum absolute atomic E-state index is 0.111. The lowest BCUT2D eigenvalue weighted by Crippen LogP contribution is -2.51. The van der Waals surface area contributed by atoms with Gasteiger partial charge in [0.05, 0.1) is 14.2 Å². The molecule has 0 spiro atoms. The molecule has 0 bridgehead atoms. The second-order valence-electron chi connectivity index (χ2n) is 5.16. The number of hydrogen-bond acceptors (Lipinski definition) is 4. The molecule has 2 N–H and O–H groups in total. The van der Waals surface area contributed by atoms with Gasteiger partial charge in [0.2, 0.25) is 0 Å². The van der Waals surface area contributed by atoms with Crippen molar-refractivity contribution in [2.45, 2.75) is 31.8 Å². The first-order chi connectivity index (χ1) is 10.1. The van der Waals surface area contributed by atoms with E-state index in [-0.39, 0.29) is 18.0 Å². The van der Waals surface area contributed by atoms with Crippen molar-refractivity contribution in [3.63, 3.8) is 0 Å². The molecule has 1 aliphatic heterocycles. The fraction of sp³-hybridized carbons (Fsp3) is 0.533. The summed E-state index contributed by atoms with van der Waals surface area (Å²) < 4.78 is 11.2. The Morgan fingerprint density at radius 3 is 2.48 bits per heavy atom. The largest absolute Gasteiger partial charge is 0.495 e. The second-order valence-corrected chi connectivity index (χ2v) is 5.95. The number of carbonyl (C=O) groups excluding carboxylic acids is 1. The number of methoxy groups -OCH3 is 2. The zero-order valence-corrected chi connectivity index (χ0v) is 14.1. The van der Waals surface area contributed by atoms with Crippen molar-refractivity contribution in [3.05, 3.63) is 22.2 Å². The molecule has 1 heterocycles. The van der Waals surface area contributed by atoms with E-state index in [0.29, 0.717) is 21.5 Å². The molecule has 0 aromatic heterocycles. The number of halogens is 1. The molecule has 2 atom stereocenters. The van der Waals surface area contributed by atoms with Gasteiger partial charge in [-0.1, -0.05) is 0 Å². The summed E-state index contributed by atoms with van der Waals surface area (Å²) in [6, 6.07) is 3.85. The third-order valence-electron chi connectivity index (χ3n) is 3.79. The van der Waals surface area contributed by atoms with Crippen LogP contribution in [0.4, 0.5) is 0 Å². The minimum atomic E-state index is -0.111. The predicted molar refractivity (Wildman–Crippen MR) is 85.2 cm³/mol. The zero-order chi connectivity index (χ0) is 15.4. The molecule has 1 aromatic carbocycles. The van der Waals surface area contributed by atoms with E-state index >= 15 is 0 Å². The fourth-order valence-corrected chi connectivity index (χ4v) is 3.05. The smallest absolute Gasteiger partial charge is 0.251 e. The van der Waals surface area contributed by atoms with Gasteiger partial charge in [0.15, 0.2) is 0 Å². The summed E-state index contributed by atoms with van der Waals surface area (Å²) in [6.45, 7) is 3.10. The van der Waals surface area contributed by atoms with Gasteiger partial charge in [0.25, 0.3) is 5.91 Å². The Kier molecular flexibility index (Phi) is 5.47. The van der Waals surface area contributed by atoms with E-state index in [1.54, 1.807) is 26.4 Å². The van der Waals surface area contributed by atoms with Crippen molar-refractivity contribution in [2.24, 2.45) is 0 Å². The third-order valence-corrected chi connectivity index (χ3v) is 4.57. The van der Waals surface area contributed by atoms with Crippen LogP contribution in [0.2, 0.25) is 0 Å². The first-order valence-corrected chi connectivity index (χ1v) is 7.82. The van der Waals surface area contributed by atoms with Crippen LogP contribution in [-0.4, -0.2) is 38.8 Å². The molecule has 0 aliphatic carbocycles. The predicted octanol–water partition coefficient (Wildman–Crippen LogP) is 2.34. The molecule has 1 aromatic rings. The maximum Gasteiger partial charge on any atom is 0.251 e. The summed E-state index contributed by atoms with van der Waals surface area (Å²) in [7, 11) is 3.13. The van der Waals surface area contributed by atoms with Crippen molar-refractivity contribution in [1.29, 1.82) is 0 Å². The molecule has 1 saturated heterocycles. The van der Waals surface area contributed by atoms with Gasteiger partial charge in [-0.25, -0.2) is 0 Å². The maximum atomic E-state index is 12.4. The number of benzene rings is 1. The molecule has 1 fully saturated rings. The van der Waals surface area contributed by atoms with Gasteiger partial charge in [-0.05, 0) is 54.4 Å². The molecule has 0 saturated carbocycles. The van der Waals surface area contributed by atoms with E-state index in [0.717, 1.165) is 19.4 Å². The van der Waals surface area contributed by atoms with Crippen LogP contribution >= 0.6 is 15.9 Å². The van der Waals surface area contributed by atoms with Crippen LogP contribution in [0.15, 0.2) is 16.6 Å².